The third kappa shape index (κ3) is 8.79. The van der Waals surface area contributed by atoms with E-state index in [2.05, 4.69) is 40.5 Å². The van der Waals surface area contributed by atoms with Crippen molar-refractivity contribution in [2.24, 2.45) is 5.92 Å². The van der Waals surface area contributed by atoms with Gasteiger partial charge in [0.25, 0.3) is 21.6 Å². The first-order chi connectivity index (χ1) is 29.2. The van der Waals surface area contributed by atoms with Crippen LogP contribution in [0.4, 0.5) is 16.2 Å². The molecule has 5 aromatic rings. The van der Waals surface area contributed by atoms with Gasteiger partial charge in [-0.2, -0.15) is 18.7 Å². The highest BCUT2D eigenvalue weighted by Gasteiger charge is 2.52. The number of rotatable bonds is 9. The number of aromatic nitrogens is 8. The number of hydrogen-bond acceptors (Lipinski definition) is 18. The number of phosphoric acid groups is 1. The van der Waals surface area contributed by atoms with Gasteiger partial charge in [0.15, 0.2) is 46.8 Å². The molecule has 322 valence electrons. The van der Waals surface area contributed by atoms with Gasteiger partial charge in [-0.25, -0.2) is 28.9 Å². The number of amides is 2. The molecular weight excluding hydrogens is 848 g/mol. The van der Waals surface area contributed by atoms with Gasteiger partial charge in [0.2, 0.25) is 11.9 Å². The van der Waals surface area contributed by atoms with E-state index in [1.54, 1.807) is 44.2 Å². The van der Waals surface area contributed by atoms with Crippen LogP contribution in [0.2, 0.25) is 0 Å². The summed E-state index contributed by atoms with van der Waals surface area (Å²) in [6.45, 7) is 2.04. The molecule has 7 heterocycles. The number of alkyl halides is 1. The van der Waals surface area contributed by atoms with Crippen molar-refractivity contribution in [3.63, 3.8) is 0 Å². The Kier molecular flexibility index (Phi) is 11.8. The highest BCUT2D eigenvalue weighted by Crippen LogP contribution is 2.55. The Hall–Kier alpha value is -5.58. The van der Waals surface area contributed by atoms with Crippen LogP contribution in [0.3, 0.4) is 0 Å². The molecule has 3 saturated heterocycles. The van der Waals surface area contributed by atoms with Gasteiger partial charge >= 0.3 is 7.82 Å². The van der Waals surface area contributed by atoms with Gasteiger partial charge in [0.1, 0.15) is 24.6 Å². The molecule has 3 aliphatic heterocycles. The highest BCUT2D eigenvalue weighted by atomic mass is 32.2. The molecule has 0 spiro atoms. The number of benzene rings is 1. The SMILES string of the molecule is CC(C)C(=O)Nc1nc2c(ncn2[C@@H]2O[C@@H]3CCS(=O)(=O)OC4[C@@H](F)[C@H](n5cnc6c(NC(=O)c7ccccc7)ncnc65)O[C@@H]4COP(=O)(OCCC#N)O[C@@H]2C3)c(=O)[nH]1. The van der Waals surface area contributed by atoms with Gasteiger partial charge in [0, 0.05) is 17.9 Å². The molecule has 3 N–H and O–H groups in total. The van der Waals surface area contributed by atoms with Crippen LogP contribution in [-0.4, -0.2) is 109 Å². The van der Waals surface area contributed by atoms with Gasteiger partial charge < -0.3 is 14.8 Å². The maximum Gasteiger partial charge on any atom is 0.475 e. The summed E-state index contributed by atoms with van der Waals surface area (Å²) < 4.78 is 95.6. The summed E-state index contributed by atoms with van der Waals surface area (Å²) in [5, 5.41) is 14.4. The van der Waals surface area contributed by atoms with Gasteiger partial charge in [-0.1, -0.05) is 32.0 Å². The van der Waals surface area contributed by atoms with E-state index in [1.165, 1.54) is 21.8 Å². The topological polar surface area (TPSA) is 296 Å². The number of nitrogens with one attached hydrogen (secondary N) is 3. The first-order valence-electron chi connectivity index (χ1n) is 18.8. The number of ether oxygens (including phenoxy) is 2. The lowest BCUT2D eigenvalue weighted by atomic mass is 10.1. The number of nitrogens with zero attached hydrogens (tertiary/aromatic N) is 8. The van der Waals surface area contributed by atoms with Gasteiger partial charge in [0.05, 0.1) is 50.2 Å². The van der Waals surface area contributed by atoms with Crippen molar-refractivity contribution >= 4 is 63.8 Å². The number of carbonyl (C=O) groups excluding carboxylic acids is 2. The number of halogens is 1. The normalized spacial score (nSPS) is 27.8. The molecule has 3 aliphatic rings. The Morgan fingerprint density at radius 1 is 1.05 bits per heavy atom. The van der Waals surface area contributed by atoms with Crippen molar-refractivity contribution in [1.82, 2.24) is 39.0 Å². The lowest BCUT2D eigenvalue weighted by molar-refractivity contribution is -0.118. The van der Waals surface area contributed by atoms with Crippen LogP contribution in [0.5, 0.6) is 0 Å². The number of H-pyrrole nitrogens is 1. The molecular formula is C35H37FN11O12PS. The van der Waals surface area contributed by atoms with Crippen molar-refractivity contribution in [2.75, 3.05) is 29.6 Å². The zero-order valence-corrected chi connectivity index (χ0v) is 33.9. The minimum Gasteiger partial charge on any atom is -0.352 e. The second kappa shape index (κ2) is 17.1. The summed E-state index contributed by atoms with van der Waals surface area (Å²) >= 11 is 0. The summed E-state index contributed by atoms with van der Waals surface area (Å²) in [5.74, 6) is -2.25. The smallest absolute Gasteiger partial charge is 0.352 e. The number of phosphoric ester groups is 1. The van der Waals surface area contributed by atoms with E-state index in [1.807, 2.05) is 6.07 Å². The largest absolute Gasteiger partial charge is 0.475 e. The van der Waals surface area contributed by atoms with Crippen molar-refractivity contribution in [3.05, 3.63) is 65.2 Å². The number of aromatic amines is 1. The summed E-state index contributed by atoms with van der Waals surface area (Å²) in [5.41, 5.74) is -0.505. The highest BCUT2D eigenvalue weighted by molar-refractivity contribution is 7.86. The van der Waals surface area contributed by atoms with Crippen molar-refractivity contribution < 1.29 is 54.2 Å². The minimum atomic E-state index is -4.77. The summed E-state index contributed by atoms with van der Waals surface area (Å²) in [6, 6.07) is 10.1. The predicted octanol–water partition coefficient (Wildman–Crippen LogP) is 2.89. The maximum atomic E-state index is 16.6. The molecule has 8 atom stereocenters. The molecule has 23 nitrogen and oxygen atoms in total. The number of hydrogen-bond donors (Lipinski definition) is 3. The lowest BCUT2D eigenvalue weighted by Crippen LogP contribution is -2.37. The van der Waals surface area contributed by atoms with Gasteiger partial charge in [-0.15, -0.1) is 0 Å². The fourth-order valence-electron chi connectivity index (χ4n) is 6.87. The molecule has 2 bridgehead atoms. The first kappa shape index (κ1) is 42.1. The molecule has 2 unspecified atom stereocenters. The number of nitriles is 1. The molecule has 26 heteroatoms. The Morgan fingerprint density at radius 3 is 2.56 bits per heavy atom. The summed E-state index contributed by atoms with van der Waals surface area (Å²) in [6.07, 6.45) is -7.82. The molecule has 4 aromatic heterocycles. The summed E-state index contributed by atoms with van der Waals surface area (Å²) in [7, 11) is -9.31. The maximum absolute atomic E-state index is 16.6. The van der Waals surface area contributed by atoms with E-state index >= 15 is 4.39 Å². The van der Waals surface area contributed by atoms with Crippen LogP contribution < -0.4 is 16.2 Å². The Morgan fingerprint density at radius 2 is 1.80 bits per heavy atom. The second-order valence-electron chi connectivity index (χ2n) is 14.4. The van der Waals surface area contributed by atoms with E-state index in [0.29, 0.717) is 5.56 Å². The standard InChI is InChI=1S/C35H37FN11O12PS/c1-18(2)30(48)44-35-43-29-25(32(50)45-35)41-17-47(29)33-21-13-20(56-33)9-12-61(52,53)59-26-22(14-55-60(51,58-21)54-11-6-10-37)57-34(23(26)36)46-16-40-24-27(38-15-39-28(24)46)42-31(49)19-7-4-3-5-8-19/h3-5,7-8,15-18,20-23,26,33-34H,6,9,11-14H2,1-2H3,(H,38,39,42,49)(H2,43,44,45,48,50)/t20-,21-,22-,23-,26?,33-,34-,60?/m1/s1. The quantitative estimate of drug-likeness (QED) is 0.109. The number of fused-ring (bicyclic) bond motifs is 5. The zero-order chi connectivity index (χ0) is 43.1. The van der Waals surface area contributed by atoms with Crippen LogP contribution >= 0.6 is 7.82 Å². The van der Waals surface area contributed by atoms with E-state index in [0.717, 1.165) is 6.33 Å². The minimum absolute atomic E-state index is 0.00286. The van der Waals surface area contributed by atoms with E-state index in [-0.39, 0.29) is 53.4 Å². The average Bonchev–Trinajstić information content (AvgIpc) is 4.02. The fourth-order valence-corrected chi connectivity index (χ4v) is 9.44. The monoisotopic (exact) mass is 885 g/mol. The van der Waals surface area contributed by atoms with Crippen LogP contribution in [0.1, 0.15) is 55.9 Å². The lowest BCUT2D eigenvalue weighted by Gasteiger charge is -2.26. The Bertz CT molecular complexity index is 2730. The van der Waals surface area contributed by atoms with Crippen molar-refractivity contribution in [1.29, 1.82) is 5.26 Å². The zero-order valence-electron chi connectivity index (χ0n) is 32.2. The second-order valence-corrected chi connectivity index (χ2v) is 17.7. The fraction of sp³-hybridized carbons (Fsp3) is 0.457. The van der Waals surface area contributed by atoms with Gasteiger partial charge in [-0.3, -0.25) is 51.6 Å². The van der Waals surface area contributed by atoms with Crippen LogP contribution in [-0.2, 0) is 46.7 Å². The van der Waals surface area contributed by atoms with Crippen LogP contribution in [0, 0.1) is 17.2 Å². The van der Waals surface area contributed by atoms with E-state index < -0.39 is 103 Å². The van der Waals surface area contributed by atoms with Crippen molar-refractivity contribution in [2.45, 2.75) is 76.2 Å². The molecule has 0 radical (unpaired) electrons. The Balaban J connectivity index is 1.09. The third-order valence-corrected chi connectivity index (χ3v) is 12.6. The molecule has 61 heavy (non-hydrogen) atoms. The number of anilines is 2. The number of carbonyl (C=O) groups is 2. The molecule has 8 rings (SSSR count). The van der Waals surface area contributed by atoms with Crippen LogP contribution in [0.15, 0.2) is 54.1 Å². The first-order valence-corrected chi connectivity index (χ1v) is 21.9. The van der Waals surface area contributed by atoms with E-state index in [4.69, 9.17) is 27.2 Å². The molecule has 3 fully saturated rings. The van der Waals surface area contributed by atoms with Crippen molar-refractivity contribution in [3.8, 4) is 6.07 Å². The third-order valence-electron chi connectivity index (χ3n) is 9.86. The van der Waals surface area contributed by atoms with Crippen LogP contribution in [0.25, 0.3) is 22.3 Å². The molecule has 0 aliphatic carbocycles. The number of imidazole rings is 2. The van der Waals surface area contributed by atoms with Gasteiger partial charge in [-0.05, 0) is 18.6 Å². The average molecular weight is 886 g/mol. The molecule has 1 aromatic carbocycles. The molecule has 2 amide bonds. The van der Waals surface area contributed by atoms with E-state index in [9.17, 15) is 32.6 Å². The predicted molar refractivity (Wildman–Crippen MR) is 207 cm³/mol. The summed E-state index contributed by atoms with van der Waals surface area (Å²) in [4.78, 5) is 61.8. The molecule has 0 saturated carbocycles. The Labute approximate surface area is 344 Å².